The lowest BCUT2D eigenvalue weighted by molar-refractivity contribution is -0.134. The maximum Gasteiger partial charge on any atom is 0.225 e. The summed E-state index contributed by atoms with van der Waals surface area (Å²) in [5.74, 6) is 2.05. The number of imidazole rings is 1. The molecule has 0 spiro atoms. The second-order valence-electron chi connectivity index (χ2n) is 6.63. The number of carbonyl (C=O) groups excluding carboxylic acids is 1. The number of likely N-dealkylation sites (tertiary alicyclic amines) is 1. The fourth-order valence-electron chi connectivity index (χ4n) is 4.01. The van der Waals surface area contributed by atoms with Crippen LogP contribution in [0.2, 0.25) is 0 Å². The molecular weight excluding hydrogens is 276 g/mol. The standard InChI is InChI=1S/C17H22N4O/c1-20-15(19-14-7-4-9-18-16(14)20)13-8-10-21(11-13)17(22)12-5-2-3-6-12/h4,7,9,12-13H,2-3,5-6,8,10-11H2,1H3/t13-/m1/s1. The van der Waals surface area contributed by atoms with Gasteiger partial charge in [0.25, 0.3) is 0 Å². The first-order valence-electron chi connectivity index (χ1n) is 8.30. The van der Waals surface area contributed by atoms with Crippen molar-refractivity contribution in [1.29, 1.82) is 0 Å². The van der Waals surface area contributed by atoms with Gasteiger partial charge in [0, 0.05) is 38.2 Å². The van der Waals surface area contributed by atoms with Gasteiger partial charge in [-0.25, -0.2) is 9.97 Å². The third kappa shape index (κ3) is 2.19. The zero-order valence-electron chi connectivity index (χ0n) is 13.0. The molecule has 0 radical (unpaired) electrons. The Morgan fingerprint density at radius 3 is 2.86 bits per heavy atom. The summed E-state index contributed by atoms with van der Waals surface area (Å²) in [7, 11) is 2.03. The Labute approximate surface area is 130 Å². The van der Waals surface area contributed by atoms with Crippen molar-refractivity contribution in [3.63, 3.8) is 0 Å². The molecule has 1 aliphatic heterocycles. The molecule has 0 N–H and O–H groups in total. The Kier molecular flexibility index (Phi) is 3.36. The summed E-state index contributed by atoms with van der Waals surface area (Å²) in [6.45, 7) is 1.68. The van der Waals surface area contributed by atoms with Gasteiger partial charge in [-0.15, -0.1) is 0 Å². The van der Waals surface area contributed by atoms with Crippen LogP contribution in [0, 0.1) is 5.92 Å². The number of rotatable bonds is 2. The van der Waals surface area contributed by atoms with Crippen molar-refractivity contribution in [2.45, 2.75) is 38.0 Å². The van der Waals surface area contributed by atoms with Gasteiger partial charge in [-0.2, -0.15) is 0 Å². The second-order valence-corrected chi connectivity index (χ2v) is 6.63. The molecule has 5 heteroatoms. The van der Waals surface area contributed by atoms with Gasteiger partial charge in [0.05, 0.1) is 0 Å². The van der Waals surface area contributed by atoms with Crippen LogP contribution in [0.25, 0.3) is 11.2 Å². The molecule has 1 aliphatic carbocycles. The van der Waals surface area contributed by atoms with Gasteiger partial charge in [-0.1, -0.05) is 12.8 Å². The Morgan fingerprint density at radius 2 is 2.09 bits per heavy atom. The SMILES string of the molecule is Cn1c([C@@H]2CCN(C(=O)C3CCCC3)C2)nc2cccnc21. The third-order valence-electron chi connectivity index (χ3n) is 5.23. The highest BCUT2D eigenvalue weighted by atomic mass is 16.2. The Balaban J connectivity index is 1.54. The predicted octanol–water partition coefficient (Wildman–Crippen LogP) is 2.47. The van der Waals surface area contributed by atoms with Crippen molar-refractivity contribution in [3.05, 3.63) is 24.2 Å². The van der Waals surface area contributed by atoms with E-state index in [0.717, 1.165) is 49.3 Å². The summed E-state index contributed by atoms with van der Waals surface area (Å²) in [5.41, 5.74) is 1.87. The normalized spacial score (nSPS) is 22.8. The van der Waals surface area contributed by atoms with E-state index in [2.05, 4.69) is 14.5 Å². The van der Waals surface area contributed by atoms with Crippen LogP contribution in [-0.4, -0.2) is 38.4 Å². The zero-order chi connectivity index (χ0) is 15.1. The highest BCUT2D eigenvalue weighted by molar-refractivity contribution is 5.79. The number of aryl methyl sites for hydroxylation is 1. The van der Waals surface area contributed by atoms with Gasteiger partial charge < -0.3 is 9.47 Å². The van der Waals surface area contributed by atoms with Crippen molar-refractivity contribution in [3.8, 4) is 0 Å². The number of hydrogen-bond donors (Lipinski definition) is 0. The van der Waals surface area contributed by atoms with Gasteiger partial charge in [-0.3, -0.25) is 4.79 Å². The van der Waals surface area contributed by atoms with E-state index in [9.17, 15) is 4.79 Å². The van der Waals surface area contributed by atoms with E-state index in [4.69, 9.17) is 4.98 Å². The van der Waals surface area contributed by atoms with E-state index in [1.807, 2.05) is 19.2 Å². The predicted molar refractivity (Wildman–Crippen MR) is 84.4 cm³/mol. The molecule has 22 heavy (non-hydrogen) atoms. The van der Waals surface area contributed by atoms with Gasteiger partial charge in [0.1, 0.15) is 11.3 Å². The van der Waals surface area contributed by atoms with E-state index < -0.39 is 0 Å². The molecule has 116 valence electrons. The van der Waals surface area contributed by atoms with Crippen LogP contribution in [0.4, 0.5) is 0 Å². The van der Waals surface area contributed by atoms with Gasteiger partial charge in [-0.05, 0) is 31.4 Å². The van der Waals surface area contributed by atoms with Gasteiger partial charge in [0.15, 0.2) is 5.65 Å². The van der Waals surface area contributed by atoms with Crippen LogP contribution in [0.1, 0.15) is 43.8 Å². The molecule has 0 aromatic carbocycles. The van der Waals surface area contributed by atoms with Crippen LogP contribution in [0.3, 0.4) is 0 Å². The first kappa shape index (κ1) is 13.7. The average molecular weight is 298 g/mol. The maximum atomic E-state index is 12.6. The maximum absolute atomic E-state index is 12.6. The molecule has 1 saturated carbocycles. The van der Waals surface area contributed by atoms with E-state index >= 15 is 0 Å². The van der Waals surface area contributed by atoms with Crippen molar-refractivity contribution in [1.82, 2.24) is 19.4 Å². The van der Waals surface area contributed by atoms with Crippen molar-refractivity contribution in [2.75, 3.05) is 13.1 Å². The largest absolute Gasteiger partial charge is 0.342 e. The van der Waals surface area contributed by atoms with E-state index in [-0.39, 0.29) is 5.92 Å². The number of aromatic nitrogens is 3. The Hall–Kier alpha value is -1.91. The van der Waals surface area contributed by atoms with E-state index in [1.165, 1.54) is 12.8 Å². The molecule has 5 nitrogen and oxygen atoms in total. The smallest absolute Gasteiger partial charge is 0.225 e. The minimum Gasteiger partial charge on any atom is -0.342 e. The minimum absolute atomic E-state index is 0.279. The first-order valence-corrected chi connectivity index (χ1v) is 8.30. The van der Waals surface area contributed by atoms with Crippen LogP contribution < -0.4 is 0 Å². The molecule has 0 bridgehead atoms. The lowest BCUT2D eigenvalue weighted by atomic mass is 10.1. The fraction of sp³-hybridized carbons (Fsp3) is 0.588. The first-order chi connectivity index (χ1) is 10.7. The number of hydrogen-bond acceptors (Lipinski definition) is 3. The van der Waals surface area contributed by atoms with Gasteiger partial charge in [0.2, 0.25) is 5.91 Å². The molecular formula is C17H22N4O. The summed E-state index contributed by atoms with van der Waals surface area (Å²) in [5, 5.41) is 0. The Morgan fingerprint density at radius 1 is 1.27 bits per heavy atom. The monoisotopic (exact) mass is 298 g/mol. The molecule has 4 rings (SSSR count). The van der Waals surface area contributed by atoms with E-state index in [1.54, 1.807) is 6.20 Å². The molecule has 1 atom stereocenters. The fourth-order valence-corrected chi connectivity index (χ4v) is 4.01. The second kappa shape index (κ2) is 5.38. The molecule has 1 amide bonds. The topological polar surface area (TPSA) is 51.0 Å². The summed E-state index contributed by atoms with van der Waals surface area (Å²) in [4.78, 5) is 23.8. The molecule has 2 fully saturated rings. The number of carbonyl (C=O) groups is 1. The van der Waals surface area contributed by atoms with Crippen LogP contribution in [-0.2, 0) is 11.8 Å². The van der Waals surface area contributed by atoms with E-state index in [0.29, 0.717) is 11.8 Å². The van der Waals surface area contributed by atoms with Crippen molar-refractivity contribution >= 4 is 17.1 Å². The molecule has 2 aliphatic rings. The van der Waals surface area contributed by atoms with Crippen LogP contribution in [0.15, 0.2) is 18.3 Å². The van der Waals surface area contributed by atoms with Crippen molar-refractivity contribution in [2.24, 2.45) is 13.0 Å². The zero-order valence-corrected chi connectivity index (χ0v) is 13.0. The molecule has 3 heterocycles. The lowest BCUT2D eigenvalue weighted by Crippen LogP contribution is -2.33. The van der Waals surface area contributed by atoms with Gasteiger partial charge >= 0.3 is 0 Å². The highest BCUT2D eigenvalue weighted by Gasteiger charge is 2.34. The molecule has 2 aromatic rings. The number of amides is 1. The molecule has 0 unspecified atom stereocenters. The minimum atomic E-state index is 0.279. The quantitative estimate of drug-likeness (QED) is 0.856. The average Bonchev–Trinajstić information content (AvgIpc) is 3.27. The van der Waals surface area contributed by atoms with Crippen LogP contribution in [0.5, 0.6) is 0 Å². The number of nitrogens with zero attached hydrogens (tertiary/aromatic N) is 4. The molecule has 1 saturated heterocycles. The lowest BCUT2D eigenvalue weighted by Gasteiger charge is -2.20. The third-order valence-corrected chi connectivity index (χ3v) is 5.23. The molecule has 2 aromatic heterocycles. The number of fused-ring (bicyclic) bond motifs is 1. The summed E-state index contributed by atoms with van der Waals surface area (Å²) < 4.78 is 2.09. The Bertz CT molecular complexity index is 702. The van der Waals surface area contributed by atoms with Crippen LogP contribution >= 0.6 is 0 Å². The summed E-state index contributed by atoms with van der Waals surface area (Å²) in [6.07, 6.45) is 7.40. The summed E-state index contributed by atoms with van der Waals surface area (Å²) in [6, 6.07) is 3.92. The highest BCUT2D eigenvalue weighted by Crippen LogP contribution is 2.32. The number of pyridine rings is 1. The van der Waals surface area contributed by atoms with Crippen molar-refractivity contribution < 1.29 is 4.79 Å². The summed E-state index contributed by atoms with van der Waals surface area (Å²) >= 11 is 0.